The number of aryl methyl sites for hydroxylation is 2. The molecule has 28 heavy (non-hydrogen) atoms. The van der Waals surface area contributed by atoms with E-state index in [1.165, 1.54) is 28.3 Å². The second kappa shape index (κ2) is 8.29. The number of carbonyl (C=O) groups excluding carboxylic acids is 1. The van der Waals surface area contributed by atoms with E-state index in [0.29, 0.717) is 11.7 Å². The molecule has 0 radical (unpaired) electrons. The molecule has 1 aliphatic rings. The molecular weight excluding hydrogens is 370 g/mol. The Morgan fingerprint density at radius 2 is 2.14 bits per heavy atom. The number of rotatable bonds is 6. The highest BCUT2D eigenvalue weighted by Crippen LogP contribution is 2.30. The van der Waals surface area contributed by atoms with Crippen molar-refractivity contribution >= 4 is 22.4 Å². The minimum Gasteiger partial charge on any atom is -0.368 e. The van der Waals surface area contributed by atoms with Crippen LogP contribution in [0.4, 0.5) is 5.13 Å². The van der Waals surface area contributed by atoms with Crippen LogP contribution in [0.2, 0.25) is 0 Å². The minimum absolute atomic E-state index is 0.0910. The van der Waals surface area contributed by atoms with Gasteiger partial charge in [-0.15, -0.1) is 11.3 Å². The van der Waals surface area contributed by atoms with Gasteiger partial charge >= 0.3 is 0 Å². The van der Waals surface area contributed by atoms with Gasteiger partial charge in [-0.25, -0.2) is 4.98 Å². The van der Waals surface area contributed by atoms with Crippen molar-refractivity contribution in [1.82, 2.24) is 9.55 Å². The summed E-state index contributed by atoms with van der Waals surface area (Å²) in [5, 5.41) is 5.54. The number of hydrogen-bond donors (Lipinski definition) is 1. The van der Waals surface area contributed by atoms with Crippen LogP contribution in [-0.4, -0.2) is 28.2 Å². The summed E-state index contributed by atoms with van der Waals surface area (Å²) in [7, 11) is 0. The van der Waals surface area contributed by atoms with Gasteiger partial charge in [-0.3, -0.25) is 10.1 Å². The highest BCUT2D eigenvalue weighted by atomic mass is 32.1. The lowest BCUT2D eigenvalue weighted by atomic mass is 10.1. The van der Waals surface area contributed by atoms with Crippen LogP contribution in [0.15, 0.2) is 41.8 Å². The van der Waals surface area contributed by atoms with Crippen molar-refractivity contribution in [3.63, 3.8) is 0 Å². The fraction of sp³-hybridized carbons (Fsp3) is 0.364. The molecule has 1 N–H and O–H groups in total. The molecule has 1 atom stereocenters. The van der Waals surface area contributed by atoms with Crippen molar-refractivity contribution < 1.29 is 9.53 Å². The quantitative estimate of drug-likeness (QED) is 0.664. The SMILES string of the molecule is Cc1cc(-c2csc(NC(=O)[C@H]3CCCO3)n2)c(C)n1CCc1ccccc1. The number of amides is 1. The molecule has 3 heterocycles. The summed E-state index contributed by atoms with van der Waals surface area (Å²) in [4.78, 5) is 16.9. The second-order valence-corrected chi connectivity index (χ2v) is 8.06. The van der Waals surface area contributed by atoms with Crippen molar-refractivity contribution in [3.8, 4) is 11.3 Å². The summed E-state index contributed by atoms with van der Waals surface area (Å²) < 4.78 is 7.78. The largest absolute Gasteiger partial charge is 0.368 e. The number of anilines is 1. The Morgan fingerprint density at radius 3 is 2.89 bits per heavy atom. The van der Waals surface area contributed by atoms with Crippen molar-refractivity contribution in [2.45, 2.75) is 45.8 Å². The highest BCUT2D eigenvalue weighted by molar-refractivity contribution is 7.14. The van der Waals surface area contributed by atoms with Gasteiger partial charge in [0.1, 0.15) is 6.10 Å². The Balaban J connectivity index is 1.47. The van der Waals surface area contributed by atoms with Crippen LogP contribution in [0.1, 0.15) is 29.8 Å². The maximum atomic E-state index is 12.2. The van der Waals surface area contributed by atoms with Gasteiger partial charge in [-0.05, 0) is 44.7 Å². The minimum atomic E-state index is -0.338. The maximum absolute atomic E-state index is 12.2. The molecule has 0 aliphatic carbocycles. The summed E-state index contributed by atoms with van der Waals surface area (Å²) in [6.07, 6.45) is 2.38. The molecule has 0 saturated carbocycles. The molecule has 4 rings (SSSR count). The molecule has 3 aromatic rings. The van der Waals surface area contributed by atoms with Crippen LogP contribution < -0.4 is 5.32 Å². The summed E-state index contributed by atoms with van der Waals surface area (Å²) in [6.45, 7) is 5.87. The molecule has 0 bridgehead atoms. The zero-order chi connectivity index (χ0) is 19.5. The Kier molecular flexibility index (Phi) is 5.59. The Hall–Kier alpha value is -2.44. The zero-order valence-corrected chi connectivity index (χ0v) is 17.1. The number of ether oxygens (including phenoxy) is 1. The van der Waals surface area contributed by atoms with Crippen LogP contribution in [0, 0.1) is 13.8 Å². The predicted molar refractivity (Wildman–Crippen MR) is 113 cm³/mol. The van der Waals surface area contributed by atoms with Gasteiger partial charge in [0.2, 0.25) is 0 Å². The van der Waals surface area contributed by atoms with E-state index < -0.39 is 0 Å². The number of hydrogen-bond acceptors (Lipinski definition) is 4. The van der Waals surface area contributed by atoms with Crippen molar-refractivity contribution in [2.75, 3.05) is 11.9 Å². The molecule has 5 nitrogen and oxygen atoms in total. The molecule has 146 valence electrons. The van der Waals surface area contributed by atoms with Gasteiger partial charge in [0.25, 0.3) is 5.91 Å². The van der Waals surface area contributed by atoms with Gasteiger partial charge in [-0.2, -0.15) is 0 Å². The number of nitrogens with one attached hydrogen (secondary N) is 1. The number of benzene rings is 1. The molecule has 1 aromatic carbocycles. The first-order chi connectivity index (χ1) is 13.6. The van der Waals surface area contributed by atoms with E-state index in [4.69, 9.17) is 4.74 Å². The van der Waals surface area contributed by atoms with Gasteiger partial charge in [0.15, 0.2) is 5.13 Å². The van der Waals surface area contributed by atoms with Crippen LogP contribution >= 0.6 is 11.3 Å². The second-order valence-electron chi connectivity index (χ2n) is 7.20. The molecular formula is C22H25N3O2S. The maximum Gasteiger partial charge on any atom is 0.255 e. The highest BCUT2D eigenvalue weighted by Gasteiger charge is 2.24. The van der Waals surface area contributed by atoms with E-state index in [0.717, 1.165) is 37.1 Å². The molecule has 0 spiro atoms. The third kappa shape index (κ3) is 4.03. The topological polar surface area (TPSA) is 56.1 Å². The number of carbonyl (C=O) groups is 1. The summed E-state index contributed by atoms with van der Waals surface area (Å²) in [5.74, 6) is -0.0910. The molecule has 1 amide bonds. The van der Waals surface area contributed by atoms with E-state index in [2.05, 4.69) is 59.0 Å². The lowest BCUT2D eigenvalue weighted by Gasteiger charge is -2.10. The van der Waals surface area contributed by atoms with E-state index in [1.54, 1.807) is 0 Å². The molecule has 2 aromatic heterocycles. The molecule has 0 unspecified atom stereocenters. The van der Waals surface area contributed by atoms with E-state index >= 15 is 0 Å². The van der Waals surface area contributed by atoms with Gasteiger partial charge in [0.05, 0.1) is 5.69 Å². The van der Waals surface area contributed by atoms with Crippen molar-refractivity contribution in [1.29, 1.82) is 0 Å². The molecule has 1 saturated heterocycles. The summed E-state index contributed by atoms with van der Waals surface area (Å²) in [6, 6.07) is 12.7. The Labute approximate surface area is 169 Å². The number of thiazole rings is 1. The third-order valence-electron chi connectivity index (χ3n) is 5.27. The molecule has 6 heteroatoms. The third-order valence-corrected chi connectivity index (χ3v) is 6.03. The van der Waals surface area contributed by atoms with Gasteiger partial charge < -0.3 is 9.30 Å². The average Bonchev–Trinajstić information content (AvgIpc) is 3.43. The zero-order valence-electron chi connectivity index (χ0n) is 16.3. The lowest BCUT2D eigenvalue weighted by Crippen LogP contribution is -2.26. The molecule has 1 fully saturated rings. The van der Waals surface area contributed by atoms with Crippen molar-refractivity contribution in [2.24, 2.45) is 0 Å². The van der Waals surface area contributed by atoms with Gasteiger partial charge in [0, 0.05) is 35.5 Å². The fourth-order valence-electron chi connectivity index (χ4n) is 3.72. The van der Waals surface area contributed by atoms with Crippen LogP contribution in [0.3, 0.4) is 0 Å². The standard InChI is InChI=1S/C22H25N3O2S/c1-15-13-18(16(2)25(15)11-10-17-7-4-3-5-8-17)19-14-28-22(23-19)24-21(26)20-9-6-12-27-20/h3-5,7-8,13-14,20H,6,9-12H2,1-2H3,(H,23,24,26)/t20-/m1/s1. The van der Waals surface area contributed by atoms with Crippen LogP contribution in [0.25, 0.3) is 11.3 Å². The summed E-state index contributed by atoms with van der Waals surface area (Å²) >= 11 is 1.46. The summed E-state index contributed by atoms with van der Waals surface area (Å²) in [5.41, 5.74) is 5.80. The Morgan fingerprint density at radius 1 is 1.32 bits per heavy atom. The fourth-order valence-corrected chi connectivity index (χ4v) is 4.43. The smallest absolute Gasteiger partial charge is 0.255 e. The predicted octanol–water partition coefficient (Wildman–Crippen LogP) is 4.59. The molecule has 1 aliphatic heterocycles. The number of aromatic nitrogens is 2. The van der Waals surface area contributed by atoms with Gasteiger partial charge in [-0.1, -0.05) is 30.3 Å². The first-order valence-corrected chi connectivity index (χ1v) is 10.6. The van der Waals surface area contributed by atoms with Crippen LogP contribution in [-0.2, 0) is 22.5 Å². The number of nitrogens with zero attached hydrogens (tertiary/aromatic N) is 2. The van der Waals surface area contributed by atoms with Crippen molar-refractivity contribution in [3.05, 3.63) is 58.7 Å². The first-order valence-electron chi connectivity index (χ1n) is 9.71. The first kappa shape index (κ1) is 18.9. The van der Waals surface area contributed by atoms with Crippen LogP contribution in [0.5, 0.6) is 0 Å². The average molecular weight is 396 g/mol. The van der Waals surface area contributed by atoms with E-state index in [9.17, 15) is 4.79 Å². The monoisotopic (exact) mass is 395 g/mol. The normalized spacial score (nSPS) is 16.4. The Bertz CT molecular complexity index is 956. The van der Waals surface area contributed by atoms with E-state index in [1.807, 2.05) is 11.4 Å². The van der Waals surface area contributed by atoms with E-state index in [-0.39, 0.29) is 12.0 Å². The lowest BCUT2D eigenvalue weighted by molar-refractivity contribution is -0.124.